The van der Waals surface area contributed by atoms with Crippen LogP contribution in [0.5, 0.6) is 5.75 Å². The minimum atomic E-state index is -0.355. The molecule has 3 nitrogen and oxygen atoms in total. The van der Waals surface area contributed by atoms with Gasteiger partial charge in [0.05, 0.1) is 17.1 Å². The minimum Gasteiger partial charge on any atom is -0.507 e. The SMILES string of the molecule is CC(C)(C)c1cc(-c2cc(C(C)(C)c3ccccc3)cc(-c3cc(-c4ccccc4)cc(-c4ccc(-c5ccccc5)cn4)c3)n2)c(O)c(C(C)(C)C)c1. The molecule has 0 aliphatic carbocycles. The third-order valence-corrected chi connectivity index (χ3v) is 10.6. The molecule has 0 saturated heterocycles. The molecule has 2 aromatic heterocycles. The van der Waals surface area contributed by atoms with Crippen molar-refractivity contribution in [3.8, 4) is 61.8 Å². The van der Waals surface area contributed by atoms with Crippen LogP contribution in [0, 0.1) is 0 Å². The first kappa shape index (κ1) is 36.6. The lowest BCUT2D eigenvalue weighted by atomic mass is 9.76. The summed E-state index contributed by atoms with van der Waals surface area (Å²) in [6.45, 7) is 17.7. The fourth-order valence-corrected chi connectivity index (χ4v) is 7.12. The van der Waals surface area contributed by atoms with Gasteiger partial charge in [-0.2, -0.15) is 0 Å². The monoisotopic (exact) mass is 706 g/mol. The maximum Gasteiger partial charge on any atom is 0.128 e. The molecule has 0 saturated carbocycles. The molecule has 0 amide bonds. The highest BCUT2D eigenvalue weighted by molar-refractivity contribution is 5.82. The second-order valence-corrected chi connectivity index (χ2v) is 17.0. The van der Waals surface area contributed by atoms with Crippen molar-refractivity contribution in [3.63, 3.8) is 0 Å². The molecule has 7 rings (SSSR count). The van der Waals surface area contributed by atoms with Crippen LogP contribution in [0.3, 0.4) is 0 Å². The van der Waals surface area contributed by atoms with E-state index in [9.17, 15) is 5.11 Å². The average Bonchev–Trinajstić information content (AvgIpc) is 3.18. The van der Waals surface area contributed by atoms with Gasteiger partial charge in [-0.1, -0.05) is 159 Å². The van der Waals surface area contributed by atoms with Crippen LogP contribution in [-0.4, -0.2) is 15.1 Å². The molecule has 0 unspecified atom stereocenters. The number of pyridine rings is 2. The molecule has 0 atom stereocenters. The van der Waals surface area contributed by atoms with Crippen molar-refractivity contribution < 1.29 is 5.11 Å². The van der Waals surface area contributed by atoms with Gasteiger partial charge in [0.15, 0.2) is 0 Å². The first-order valence-corrected chi connectivity index (χ1v) is 18.9. The number of hydrogen-bond acceptors (Lipinski definition) is 3. The molecule has 0 aliphatic heterocycles. The summed E-state index contributed by atoms with van der Waals surface area (Å²) < 4.78 is 0. The molecule has 1 N–H and O–H groups in total. The lowest BCUT2D eigenvalue weighted by Crippen LogP contribution is -2.20. The number of benzene rings is 5. The van der Waals surface area contributed by atoms with Crippen LogP contribution in [0.1, 0.15) is 77.6 Å². The van der Waals surface area contributed by atoms with E-state index in [1.165, 1.54) is 5.56 Å². The van der Waals surface area contributed by atoms with E-state index in [2.05, 4.69) is 189 Å². The van der Waals surface area contributed by atoms with E-state index in [1.54, 1.807) is 0 Å². The molecule has 0 radical (unpaired) electrons. The Morgan fingerprint density at radius 2 is 0.944 bits per heavy atom. The zero-order valence-corrected chi connectivity index (χ0v) is 32.8. The second-order valence-electron chi connectivity index (χ2n) is 17.0. The zero-order valence-electron chi connectivity index (χ0n) is 32.8. The normalized spacial score (nSPS) is 12.1. The lowest BCUT2D eigenvalue weighted by Gasteiger charge is -2.29. The predicted molar refractivity (Wildman–Crippen MR) is 227 cm³/mol. The third-order valence-electron chi connectivity index (χ3n) is 10.6. The Morgan fingerprint density at radius 3 is 1.50 bits per heavy atom. The van der Waals surface area contributed by atoms with E-state index in [0.717, 1.165) is 72.7 Å². The van der Waals surface area contributed by atoms with Crippen molar-refractivity contribution in [2.24, 2.45) is 0 Å². The maximum absolute atomic E-state index is 12.1. The smallest absolute Gasteiger partial charge is 0.128 e. The molecule has 2 heterocycles. The summed E-state index contributed by atoms with van der Waals surface area (Å²) in [5.41, 5.74) is 13.3. The highest BCUT2D eigenvalue weighted by Gasteiger charge is 2.29. The van der Waals surface area contributed by atoms with E-state index in [4.69, 9.17) is 9.97 Å². The van der Waals surface area contributed by atoms with Gasteiger partial charge in [-0.25, -0.2) is 4.98 Å². The number of hydrogen-bond donors (Lipinski definition) is 1. The summed E-state index contributed by atoms with van der Waals surface area (Å²) in [6, 6.07) is 51.1. The minimum absolute atomic E-state index is 0.131. The van der Waals surface area contributed by atoms with Crippen LogP contribution in [0.2, 0.25) is 0 Å². The van der Waals surface area contributed by atoms with Crippen LogP contribution >= 0.6 is 0 Å². The fraction of sp³-hybridized carbons (Fsp3) is 0.216. The molecule has 270 valence electrons. The van der Waals surface area contributed by atoms with Gasteiger partial charge in [0.2, 0.25) is 0 Å². The van der Waals surface area contributed by atoms with Gasteiger partial charge < -0.3 is 5.11 Å². The summed E-state index contributed by atoms with van der Waals surface area (Å²) in [5, 5.41) is 12.1. The Bertz CT molecular complexity index is 2400. The molecule has 3 heteroatoms. The Labute approximate surface area is 321 Å². The molecule has 54 heavy (non-hydrogen) atoms. The van der Waals surface area contributed by atoms with Gasteiger partial charge in [0.25, 0.3) is 0 Å². The third kappa shape index (κ3) is 7.50. The van der Waals surface area contributed by atoms with Gasteiger partial charge in [-0.3, -0.25) is 4.98 Å². The van der Waals surface area contributed by atoms with E-state index >= 15 is 0 Å². The van der Waals surface area contributed by atoms with Crippen LogP contribution in [0.25, 0.3) is 56.0 Å². The molecular weight excluding hydrogens is 657 g/mol. The first-order valence-electron chi connectivity index (χ1n) is 18.9. The highest BCUT2D eigenvalue weighted by atomic mass is 16.3. The van der Waals surface area contributed by atoms with Crippen molar-refractivity contribution in [3.05, 3.63) is 174 Å². The Morgan fingerprint density at radius 1 is 0.407 bits per heavy atom. The van der Waals surface area contributed by atoms with Crippen LogP contribution in [-0.2, 0) is 16.2 Å². The fourth-order valence-electron chi connectivity index (χ4n) is 7.12. The van der Waals surface area contributed by atoms with Gasteiger partial charge in [0, 0.05) is 39.4 Å². The van der Waals surface area contributed by atoms with Crippen LogP contribution in [0.15, 0.2) is 152 Å². The van der Waals surface area contributed by atoms with Gasteiger partial charge in [0.1, 0.15) is 5.75 Å². The summed E-state index contributed by atoms with van der Waals surface area (Å²) in [4.78, 5) is 10.4. The molecular formula is C51H50N2O. The van der Waals surface area contributed by atoms with Crippen molar-refractivity contribution in [2.75, 3.05) is 0 Å². The van der Waals surface area contributed by atoms with Crippen molar-refractivity contribution in [2.45, 2.75) is 71.6 Å². The Kier molecular flexibility index (Phi) is 9.62. The van der Waals surface area contributed by atoms with Crippen molar-refractivity contribution >= 4 is 0 Å². The second kappa shape index (κ2) is 14.2. The summed E-state index contributed by atoms with van der Waals surface area (Å²) in [6.07, 6.45) is 1.96. The molecule has 0 bridgehead atoms. The lowest BCUT2D eigenvalue weighted by molar-refractivity contribution is 0.446. The van der Waals surface area contributed by atoms with E-state index in [0.29, 0.717) is 0 Å². The Hall–Kier alpha value is -5.80. The number of aromatic hydroxyl groups is 1. The van der Waals surface area contributed by atoms with Crippen LogP contribution in [0.4, 0.5) is 0 Å². The zero-order chi connectivity index (χ0) is 38.3. The van der Waals surface area contributed by atoms with Crippen LogP contribution < -0.4 is 0 Å². The average molecular weight is 707 g/mol. The predicted octanol–water partition coefficient (Wildman–Crippen LogP) is 13.4. The topological polar surface area (TPSA) is 46.0 Å². The summed E-state index contributed by atoms with van der Waals surface area (Å²) in [5.74, 6) is 0.282. The molecule has 7 aromatic rings. The molecule has 0 fully saturated rings. The number of nitrogens with zero attached hydrogens (tertiary/aromatic N) is 2. The summed E-state index contributed by atoms with van der Waals surface area (Å²) in [7, 11) is 0. The van der Waals surface area contributed by atoms with E-state index in [1.807, 2.05) is 18.3 Å². The van der Waals surface area contributed by atoms with E-state index in [-0.39, 0.29) is 22.0 Å². The van der Waals surface area contributed by atoms with E-state index < -0.39 is 0 Å². The number of phenolic OH excluding ortho intramolecular Hbond substituents is 1. The number of rotatable bonds is 7. The molecule has 0 aliphatic rings. The number of phenols is 1. The van der Waals surface area contributed by atoms with Gasteiger partial charge in [-0.15, -0.1) is 0 Å². The first-order chi connectivity index (χ1) is 25.7. The highest BCUT2D eigenvalue weighted by Crippen LogP contribution is 2.44. The van der Waals surface area contributed by atoms with Gasteiger partial charge >= 0.3 is 0 Å². The molecule has 5 aromatic carbocycles. The maximum atomic E-state index is 12.1. The molecule has 0 spiro atoms. The largest absolute Gasteiger partial charge is 0.507 e. The van der Waals surface area contributed by atoms with Crippen molar-refractivity contribution in [1.82, 2.24) is 9.97 Å². The summed E-state index contributed by atoms with van der Waals surface area (Å²) >= 11 is 0. The Balaban J connectivity index is 1.48. The number of aromatic nitrogens is 2. The quantitative estimate of drug-likeness (QED) is 0.179. The standard InChI is InChI=1S/C51H50N2O/c1-49(2,3)41-29-43(48(54)44(30-41)50(4,5)6)47-32-42(51(7,8)40-22-16-11-17-23-40)31-46(53-47)39-27-37(35-20-14-10-15-21-35)26-38(28-39)45-25-24-36(33-52-45)34-18-12-9-13-19-34/h9-33,54H,1-8H3. The van der Waals surface area contributed by atoms with Crippen molar-refractivity contribution in [1.29, 1.82) is 0 Å². The van der Waals surface area contributed by atoms with Gasteiger partial charge in [-0.05, 0) is 86.7 Å².